The van der Waals surface area contributed by atoms with Gasteiger partial charge in [0.1, 0.15) is 5.75 Å². The lowest BCUT2D eigenvalue weighted by atomic mass is 9.96. The molecule has 0 atom stereocenters. The minimum atomic E-state index is -0.295. The highest BCUT2D eigenvalue weighted by atomic mass is 16.5. The number of fused-ring (bicyclic) bond motifs is 1. The van der Waals surface area contributed by atoms with Gasteiger partial charge in [0.25, 0.3) is 0 Å². The highest BCUT2D eigenvalue weighted by molar-refractivity contribution is 6.01. The summed E-state index contributed by atoms with van der Waals surface area (Å²) in [6.07, 6.45) is 1.56. The number of benzene rings is 2. The van der Waals surface area contributed by atoms with Crippen LogP contribution in [-0.2, 0) is 15.9 Å². The van der Waals surface area contributed by atoms with Crippen molar-refractivity contribution in [3.63, 3.8) is 0 Å². The second kappa shape index (κ2) is 8.53. The number of methoxy groups -OCH3 is 1. The molecule has 0 aliphatic carbocycles. The van der Waals surface area contributed by atoms with Crippen LogP contribution in [0, 0.1) is 0 Å². The number of esters is 1. The third kappa shape index (κ3) is 4.02. The molecule has 0 amide bonds. The highest BCUT2D eigenvalue weighted by Crippen LogP contribution is 2.32. The standard InChI is InChI=1S/C19H24O4/c1-4-14-15-9-6-7-10-16(15)18(23-12-8-11-21-3)13-17(14)19(20)22-5-2/h6-7,9-10,13H,4-5,8,11-12H2,1-3H3. The lowest BCUT2D eigenvalue weighted by molar-refractivity contribution is 0.0525. The van der Waals surface area contributed by atoms with E-state index in [1.165, 1.54) is 0 Å². The van der Waals surface area contributed by atoms with Crippen LogP contribution in [0.1, 0.15) is 36.2 Å². The minimum Gasteiger partial charge on any atom is -0.493 e. The fourth-order valence-electron chi connectivity index (χ4n) is 2.68. The third-order valence-electron chi connectivity index (χ3n) is 3.72. The molecule has 4 heteroatoms. The maximum absolute atomic E-state index is 12.3. The van der Waals surface area contributed by atoms with Crippen LogP contribution < -0.4 is 4.74 Å². The molecule has 0 radical (unpaired) electrons. The zero-order chi connectivity index (χ0) is 16.7. The molecule has 2 rings (SSSR count). The summed E-state index contributed by atoms with van der Waals surface area (Å²) in [6, 6.07) is 9.82. The second-order valence-corrected chi connectivity index (χ2v) is 5.22. The molecule has 0 heterocycles. The number of rotatable bonds is 8. The van der Waals surface area contributed by atoms with Gasteiger partial charge in [-0.15, -0.1) is 0 Å². The van der Waals surface area contributed by atoms with Gasteiger partial charge in [-0.25, -0.2) is 4.79 Å². The maximum atomic E-state index is 12.3. The summed E-state index contributed by atoms with van der Waals surface area (Å²) in [5, 5.41) is 2.07. The summed E-state index contributed by atoms with van der Waals surface area (Å²) in [5.74, 6) is 0.425. The molecule has 0 saturated heterocycles. The molecular formula is C19H24O4. The number of hydrogen-bond donors (Lipinski definition) is 0. The van der Waals surface area contributed by atoms with Crippen LogP contribution in [0.15, 0.2) is 30.3 Å². The van der Waals surface area contributed by atoms with Crippen LogP contribution in [0.5, 0.6) is 5.75 Å². The van der Waals surface area contributed by atoms with Crippen molar-refractivity contribution >= 4 is 16.7 Å². The molecule has 0 spiro atoms. The van der Waals surface area contributed by atoms with Crippen molar-refractivity contribution in [2.75, 3.05) is 26.9 Å². The van der Waals surface area contributed by atoms with Crippen molar-refractivity contribution in [3.05, 3.63) is 41.5 Å². The quantitative estimate of drug-likeness (QED) is 0.545. The highest BCUT2D eigenvalue weighted by Gasteiger charge is 2.18. The molecule has 0 aromatic heterocycles. The van der Waals surface area contributed by atoms with Crippen LogP contribution in [-0.4, -0.2) is 32.9 Å². The Morgan fingerprint density at radius 1 is 1.09 bits per heavy atom. The Labute approximate surface area is 137 Å². The van der Waals surface area contributed by atoms with Crippen molar-refractivity contribution in [1.29, 1.82) is 0 Å². The van der Waals surface area contributed by atoms with Gasteiger partial charge in [-0.05, 0) is 30.4 Å². The SMILES string of the molecule is CCOC(=O)c1cc(OCCCOC)c2ccccc2c1CC. The minimum absolute atomic E-state index is 0.295. The first-order valence-electron chi connectivity index (χ1n) is 8.06. The van der Waals surface area contributed by atoms with Crippen molar-refractivity contribution in [2.45, 2.75) is 26.7 Å². The maximum Gasteiger partial charge on any atom is 0.338 e. The van der Waals surface area contributed by atoms with E-state index in [-0.39, 0.29) is 5.97 Å². The van der Waals surface area contributed by atoms with Gasteiger partial charge in [-0.3, -0.25) is 0 Å². The third-order valence-corrected chi connectivity index (χ3v) is 3.72. The summed E-state index contributed by atoms with van der Waals surface area (Å²) < 4.78 is 16.1. The number of ether oxygens (including phenoxy) is 3. The predicted octanol–water partition coefficient (Wildman–Crippen LogP) is 3.99. The van der Waals surface area contributed by atoms with Crippen LogP contribution in [0.3, 0.4) is 0 Å². The van der Waals surface area contributed by atoms with Gasteiger partial charge in [-0.2, -0.15) is 0 Å². The first-order chi connectivity index (χ1) is 11.2. The molecule has 0 aliphatic heterocycles. The van der Waals surface area contributed by atoms with Crippen LogP contribution in [0.4, 0.5) is 0 Å². The van der Waals surface area contributed by atoms with Gasteiger partial charge in [0.05, 0.1) is 18.8 Å². The van der Waals surface area contributed by atoms with Gasteiger partial charge in [-0.1, -0.05) is 31.2 Å². The zero-order valence-corrected chi connectivity index (χ0v) is 14.1. The van der Waals surface area contributed by atoms with E-state index in [9.17, 15) is 4.79 Å². The summed E-state index contributed by atoms with van der Waals surface area (Å²) in [5.41, 5.74) is 1.60. The lowest BCUT2D eigenvalue weighted by Gasteiger charge is -2.16. The summed E-state index contributed by atoms with van der Waals surface area (Å²) in [7, 11) is 1.67. The van der Waals surface area contributed by atoms with E-state index >= 15 is 0 Å². The number of hydrogen-bond acceptors (Lipinski definition) is 4. The van der Waals surface area contributed by atoms with Crippen molar-refractivity contribution < 1.29 is 19.0 Å². The van der Waals surface area contributed by atoms with E-state index in [0.717, 1.165) is 34.9 Å². The molecule has 2 aromatic rings. The Morgan fingerprint density at radius 3 is 2.48 bits per heavy atom. The lowest BCUT2D eigenvalue weighted by Crippen LogP contribution is -2.10. The van der Waals surface area contributed by atoms with Gasteiger partial charge in [0, 0.05) is 25.5 Å². The molecule has 0 saturated carbocycles. The number of carbonyl (C=O) groups is 1. The van der Waals surface area contributed by atoms with E-state index < -0.39 is 0 Å². The van der Waals surface area contributed by atoms with Gasteiger partial charge in [0.2, 0.25) is 0 Å². The fourth-order valence-corrected chi connectivity index (χ4v) is 2.68. The Hall–Kier alpha value is -2.07. The average Bonchev–Trinajstić information content (AvgIpc) is 2.58. The Kier molecular flexibility index (Phi) is 6.41. The summed E-state index contributed by atoms with van der Waals surface area (Å²) in [6.45, 7) is 5.41. The normalized spacial score (nSPS) is 10.7. The fraction of sp³-hybridized carbons (Fsp3) is 0.421. The first-order valence-corrected chi connectivity index (χ1v) is 8.06. The molecule has 0 N–H and O–H groups in total. The van der Waals surface area contributed by atoms with E-state index in [4.69, 9.17) is 14.2 Å². The summed E-state index contributed by atoms with van der Waals surface area (Å²) >= 11 is 0. The van der Waals surface area contributed by atoms with Crippen molar-refractivity contribution in [3.8, 4) is 5.75 Å². The molecular weight excluding hydrogens is 292 g/mol. The molecule has 124 valence electrons. The Morgan fingerprint density at radius 2 is 1.83 bits per heavy atom. The van der Waals surface area contributed by atoms with E-state index in [1.54, 1.807) is 7.11 Å². The largest absolute Gasteiger partial charge is 0.493 e. The molecule has 0 bridgehead atoms. The monoisotopic (exact) mass is 316 g/mol. The molecule has 0 aliphatic rings. The second-order valence-electron chi connectivity index (χ2n) is 5.22. The Balaban J connectivity index is 2.46. The molecule has 2 aromatic carbocycles. The number of aryl methyl sites for hydroxylation is 1. The smallest absolute Gasteiger partial charge is 0.338 e. The number of carbonyl (C=O) groups excluding carboxylic acids is 1. The van der Waals surface area contributed by atoms with E-state index in [0.29, 0.717) is 25.4 Å². The summed E-state index contributed by atoms with van der Waals surface area (Å²) in [4.78, 5) is 12.3. The van der Waals surface area contributed by atoms with Gasteiger partial charge in [0.15, 0.2) is 0 Å². The van der Waals surface area contributed by atoms with Crippen LogP contribution >= 0.6 is 0 Å². The van der Waals surface area contributed by atoms with E-state index in [1.807, 2.05) is 44.2 Å². The topological polar surface area (TPSA) is 44.8 Å². The first kappa shape index (κ1) is 17.3. The zero-order valence-electron chi connectivity index (χ0n) is 14.1. The van der Waals surface area contributed by atoms with Crippen LogP contribution in [0.25, 0.3) is 10.8 Å². The molecule has 0 fully saturated rings. The van der Waals surface area contributed by atoms with E-state index in [2.05, 4.69) is 0 Å². The van der Waals surface area contributed by atoms with Gasteiger partial charge < -0.3 is 14.2 Å². The molecule has 4 nitrogen and oxygen atoms in total. The average molecular weight is 316 g/mol. The van der Waals surface area contributed by atoms with Gasteiger partial charge >= 0.3 is 5.97 Å². The van der Waals surface area contributed by atoms with Crippen molar-refractivity contribution in [2.24, 2.45) is 0 Å². The predicted molar refractivity (Wildman–Crippen MR) is 91.3 cm³/mol. The Bertz CT molecular complexity index is 664. The van der Waals surface area contributed by atoms with Crippen LogP contribution in [0.2, 0.25) is 0 Å². The van der Waals surface area contributed by atoms with Crippen molar-refractivity contribution in [1.82, 2.24) is 0 Å². The molecule has 0 unspecified atom stereocenters. The molecule has 23 heavy (non-hydrogen) atoms.